The Labute approximate surface area is 138 Å². The van der Waals surface area contributed by atoms with Crippen molar-refractivity contribution in [3.8, 4) is 0 Å². The summed E-state index contributed by atoms with van der Waals surface area (Å²) in [7, 11) is 0.317. The van der Waals surface area contributed by atoms with E-state index in [4.69, 9.17) is 4.74 Å². The van der Waals surface area contributed by atoms with Crippen LogP contribution in [-0.4, -0.2) is 70.9 Å². The number of nitrogens with zero attached hydrogens (tertiary/aromatic N) is 2. The van der Waals surface area contributed by atoms with Gasteiger partial charge in [-0.1, -0.05) is 0 Å². The molecule has 1 aliphatic heterocycles. The van der Waals surface area contributed by atoms with Gasteiger partial charge in [-0.05, 0) is 13.3 Å². The topological polar surface area (TPSA) is 83.0 Å². The molecule has 0 amide bonds. The Morgan fingerprint density at radius 1 is 1.50 bits per heavy atom. The van der Waals surface area contributed by atoms with Crippen LogP contribution >= 0.6 is 24.0 Å². The number of nitrogens with one attached hydrogen (secondary N) is 2. The zero-order valence-electron chi connectivity index (χ0n) is 12.3. The van der Waals surface area contributed by atoms with Crippen LogP contribution < -0.4 is 10.6 Å². The second kappa shape index (κ2) is 9.74. The molecule has 120 valence electrons. The van der Waals surface area contributed by atoms with Gasteiger partial charge in [-0.3, -0.25) is 4.99 Å². The molecule has 1 atom stereocenters. The van der Waals surface area contributed by atoms with Crippen LogP contribution in [0.1, 0.15) is 13.3 Å². The van der Waals surface area contributed by atoms with Gasteiger partial charge < -0.3 is 15.4 Å². The second-order valence-corrected chi connectivity index (χ2v) is 6.66. The first kappa shape index (κ1) is 19.9. The third-order valence-electron chi connectivity index (χ3n) is 2.88. The fraction of sp³-hybridized carbons (Fsp3) is 0.909. The minimum atomic E-state index is -3.01. The number of guanidine groups is 1. The Morgan fingerprint density at radius 3 is 2.70 bits per heavy atom. The molecular formula is C11H25IN4O3S. The van der Waals surface area contributed by atoms with E-state index in [-0.39, 0.29) is 35.8 Å². The summed E-state index contributed by atoms with van der Waals surface area (Å²) in [5.41, 5.74) is 0. The highest BCUT2D eigenvalue weighted by molar-refractivity contribution is 14.0. The minimum absolute atomic E-state index is 0. The average molecular weight is 420 g/mol. The van der Waals surface area contributed by atoms with Crippen molar-refractivity contribution in [3.05, 3.63) is 0 Å². The predicted molar refractivity (Wildman–Crippen MR) is 91.2 cm³/mol. The fourth-order valence-electron chi connectivity index (χ4n) is 1.96. The third kappa shape index (κ3) is 6.55. The van der Waals surface area contributed by atoms with Crippen molar-refractivity contribution in [2.24, 2.45) is 4.99 Å². The van der Waals surface area contributed by atoms with Crippen molar-refractivity contribution in [1.29, 1.82) is 0 Å². The molecule has 1 heterocycles. The van der Waals surface area contributed by atoms with Crippen LogP contribution in [0, 0.1) is 0 Å². The molecule has 1 fully saturated rings. The Bertz CT molecular complexity index is 402. The van der Waals surface area contributed by atoms with Gasteiger partial charge in [-0.2, -0.15) is 0 Å². The third-order valence-corrected chi connectivity index (χ3v) is 4.84. The quantitative estimate of drug-likeness (QED) is 0.355. The largest absolute Gasteiger partial charge is 0.383 e. The number of sulfonamides is 1. The van der Waals surface area contributed by atoms with Gasteiger partial charge in [0.25, 0.3) is 0 Å². The number of ether oxygens (including phenoxy) is 1. The molecule has 0 aromatic rings. The number of aliphatic imine (C=N–C) groups is 1. The fourth-order valence-corrected chi connectivity index (χ4v) is 3.49. The molecule has 9 heteroatoms. The summed E-state index contributed by atoms with van der Waals surface area (Å²) in [6.07, 6.45) is 0.722. The molecule has 7 nitrogen and oxygen atoms in total. The van der Waals surface area contributed by atoms with Gasteiger partial charge in [0.05, 0.1) is 12.4 Å². The van der Waals surface area contributed by atoms with Crippen LogP contribution in [0.3, 0.4) is 0 Å². The van der Waals surface area contributed by atoms with Crippen LogP contribution in [-0.2, 0) is 14.8 Å². The molecule has 0 radical (unpaired) electrons. The van der Waals surface area contributed by atoms with Gasteiger partial charge in [0.15, 0.2) is 5.96 Å². The van der Waals surface area contributed by atoms with E-state index in [1.165, 1.54) is 4.31 Å². The maximum Gasteiger partial charge on any atom is 0.214 e. The summed E-state index contributed by atoms with van der Waals surface area (Å²) in [6, 6.07) is 0.145. The Morgan fingerprint density at radius 2 is 2.20 bits per heavy atom. The molecule has 2 N–H and O–H groups in total. The van der Waals surface area contributed by atoms with E-state index in [1.807, 2.05) is 6.92 Å². The lowest BCUT2D eigenvalue weighted by Gasteiger charge is -2.19. The van der Waals surface area contributed by atoms with E-state index in [2.05, 4.69) is 15.6 Å². The molecule has 0 aromatic heterocycles. The van der Waals surface area contributed by atoms with E-state index in [0.717, 1.165) is 6.42 Å². The molecule has 0 saturated carbocycles. The molecule has 0 spiro atoms. The van der Waals surface area contributed by atoms with Crippen molar-refractivity contribution in [3.63, 3.8) is 0 Å². The summed E-state index contributed by atoms with van der Waals surface area (Å²) in [4.78, 5) is 4.08. The van der Waals surface area contributed by atoms with E-state index < -0.39 is 10.0 Å². The normalized spacial score (nSPS) is 20.2. The minimum Gasteiger partial charge on any atom is -0.383 e. The SMILES string of the molecule is CN=C(NCCN1CCCS1(=O)=O)NC(C)COC.I. The van der Waals surface area contributed by atoms with Crippen LogP contribution in [0.25, 0.3) is 0 Å². The molecule has 1 aliphatic rings. The summed E-state index contributed by atoms with van der Waals surface area (Å²) in [5, 5.41) is 6.26. The van der Waals surface area contributed by atoms with E-state index >= 15 is 0 Å². The van der Waals surface area contributed by atoms with E-state index in [1.54, 1.807) is 14.2 Å². The Balaban J connectivity index is 0.00000361. The standard InChI is InChI=1S/C11H24N4O3S.HI/c1-10(9-18-3)14-11(12-2)13-5-7-15-6-4-8-19(15,16)17;/h10H,4-9H2,1-3H3,(H2,12,13,14);1H. The maximum absolute atomic E-state index is 11.6. The second-order valence-electron chi connectivity index (χ2n) is 4.57. The molecule has 20 heavy (non-hydrogen) atoms. The molecule has 0 aromatic carbocycles. The number of methoxy groups -OCH3 is 1. The molecule has 1 unspecified atom stereocenters. The summed E-state index contributed by atoms with van der Waals surface area (Å²) >= 11 is 0. The molecule has 0 bridgehead atoms. The van der Waals surface area contributed by atoms with Crippen LogP contribution in [0.5, 0.6) is 0 Å². The summed E-state index contributed by atoms with van der Waals surface area (Å²) in [6.45, 7) is 4.21. The lowest BCUT2D eigenvalue weighted by atomic mass is 10.4. The van der Waals surface area contributed by atoms with Crippen molar-refractivity contribution in [1.82, 2.24) is 14.9 Å². The number of hydrogen-bond donors (Lipinski definition) is 2. The monoisotopic (exact) mass is 420 g/mol. The van der Waals surface area contributed by atoms with Crippen LogP contribution in [0.4, 0.5) is 0 Å². The van der Waals surface area contributed by atoms with Gasteiger partial charge in [0.2, 0.25) is 10.0 Å². The van der Waals surface area contributed by atoms with Gasteiger partial charge in [-0.25, -0.2) is 12.7 Å². The van der Waals surface area contributed by atoms with Gasteiger partial charge in [0.1, 0.15) is 0 Å². The van der Waals surface area contributed by atoms with Crippen molar-refractivity contribution >= 4 is 40.0 Å². The smallest absolute Gasteiger partial charge is 0.214 e. The first-order chi connectivity index (χ1) is 8.99. The predicted octanol–water partition coefficient (Wildman–Crippen LogP) is -0.160. The highest BCUT2D eigenvalue weighted by atomic mass is 127. The highest BCUT2D eigenvalue weighted by Crippen LogP contribution is 2.11. The Kier molecular flexibility index (Phi) is 9.68. The molecule has 0 aliphatic carbocycles. The van der Waals surface area contributed by atoms with Gasteiger partial charge in [0, 0.05) is 39.8 Å². The maximum atomic E-state index is 11.6. The van der Waals surface area contributed by atoms with Gasteiger partial charge >= 0.3 is 0 Å². The van der Waals surface area contributed by atoms with Gasteiger partial charge in [-0.15, -0.1) is 24.0 Å². The zero-order valence-corrected chi connectivity index (χ0v) is 15.4. The molecule has 1 rings (SSSR count). The first-order valence-corrected chi connectivity index (χ1v) is 8.04. The number of halogens is 1. The lowest BCUT2D eigenvalue weighted by molar-refractivity contribution is 0.179. The van der Waals surface area contributed by atoms with Crippen LogP contribution in [0.15, 0.2) is 4.99 Å². The average Bonchev–Trinajstić information content (AvgIpc) is 2.68. The first-order valence-electron chi connectivity index (χ1n) is 6.43. The lowest BCUT2D eigenvalue weighted by Crippen LogP contribution is -2.46. The number of hydrogen-bond acceptors (Lipinski definition) is 4. The van der Waals surface area contributed by atoms with Crippen molar-refractivity contribution in [2.45, 2.75) is 19.4 Å². The number of rotatable bonds is 6. The molecular weight excluding hydrogens is 395 g/mol. The van der Waals surface area contributed by atoms with E-state index in [9.17, 15) is 8.42 Å². The van der Waals surface area contributed by atoms with Crippen LogP contribution in [0.2, 0.25) is 0 Å². The highest BCUT2D eigenvalue weighted by Gasteiger charge is 2.27. The Hall–Kier alpha value is -0.130. The molecule has 1 saturated heterocycles. The van der Waals surface area contributed by atoms with Crippen molar-refractivity contribution < 1.29 is 13.2 Å². The summed E-state index contributed by atoms with van der Waals surface area (Å²) < 4.78 is 29.8. The summed E-state index contributed by atoms with van der Waals surface area (Å²) in [5.74, 6) is 0.923. The van der Waals surface area contributed by atoms with Crippen molar-refractivity contribution in [2.75, 3.05) is 46.2 Å². The zero-order chi connectivity index (χ0) is 14.3. The van der Waals surface area contributed by atoms with E-state index in [0.29, 0.717) is 32.2 Å².